The summed E-state index contributed by atoms with van der Waals surface area (Å²) in [6.45, 7) is 0. The minimum Gasteiger partial charge on any atom is -0.469 e. The second kappa shape index (κ2) is 1.66. The van der Waals surface area contributed by atoms with Gasteiger partial charge in [-0.2, -0.15) is 0 Å². The molecule has 0 aliphatic carbocycles. The average Bonchev–Trinajstić information content (AvgIpc) is 1.69. The molecule has 1 aliphatic rings. The van der Waals surface area contributed by atoms with Gasteiger partial charge >= 0.3 is 0 Å². The molecule has 1 aliphatic heterocycles. The Labute approximate surface area is 41.1 Å². The second-order valence-electron chi connectivity index (χ2n) is 1.09. The fourth-order valence-corrected chi connectivity index (χ4v) is 0.290. The van der Waals surface area contributed by atoms with Gasteiger partial charge < -0.3 is 4.74 Å². The van der Waals surface area contributed by atoms with Crippen molar-refractivity contribution < 1.29 is 9.94 Å². The van der Waals surface area contributed by atoms with E-state index in [1.54, 1.807) is 0 Å². The molecule has 3 heteroatoms. The van der Waals surface area contributed by atoms with Gasteiger partial charge in [0.25, 0.3) is 0 Å². The highest BCUT2D eigenvalue weighted by Gasteiger charge is 1.86. The van der Waals surface area contributed by atoms with Crippen LogP contribution in [0.2, 0.25) is 0 Å². The van der Waals surface area contributed by atoms with Crippen LogP contribution in [0.5, 0.6) is 0 Å². The zero-order valence-electron chi connectivity index (χ0n) is 3.61. The van der Waals surface area contributed by atoms with Crippen LogP contribution in [-0.4, -0.2) is 10.3 Å². The first-order valence-electron chi connectivity index (χ1n) is 1.85. The molecule has 0 spiro atoms. The van der Waals surface area contributed by atoms with Gasteiger partial charge in [0.2, 0.25) is 0 Å². The van der Waals surface area contributed by atoms with Gasteiger partial charge in [0, 0.05) is 0 Å². The fraction of sp³-hybridized carbons (Fsp3) is 0. The van der Waals surface area contributed by atoms with E-state index in [1.807, 2.05) is 0 Å². The number of nitrogens with zero attached hydrogens (tertiary/aromatic N) is 1. The Balaban J connectivity index is 2.49. The fourth-order valence-electron chi connectivity index (χ4n) is 0.290. The lowest BCUT2D eigenvalue weighted by Gasteiger charge is -2.06. The van der Waals surface area contributed by atoms with E-state index < -0.39 is 0 Å². The van der Waals surface area contributed by atoms with E-state index in [9.17, 15) is 0 Å². The summed E-state index contributed by atoms with van der Waals surface area (Å²) in [5.74, 6) is 0. The highest BCUT2D eigenvalue weighted by atomic mass is 16.5. The zero-order chi connectivity index (χ0) is 5.11. The summed E-state index contributed by atoms with van der Waals surface area (Å²) in [5, 5.41) is 9.40. The van der Waals surface area contributed by atoms with Crippen molar-refractivity contribution in [2.75, 3.05) is 0 Å². The van der Waals surface area contributed by atoms with Gasteiger partial charge in [0.1, 0.15) is 12.5 Å². The molecule has 38 valence electrons. The summed E-state index contributed by atoms with van der Waals surface area (Å²) >= 11 is 0. The SMILES string of the molecule is ON1C=COC=C1. The minimum atomic E-state index is 0.906. The molecule has 0 aromatic heterocycles. The standard InChI is InChI=1S/C4H5NO2/c6-5-1-3-7-4-2-5/h1-4,6H. The van der Waals surface area contributed by atoms with E-state index in [-0.39, 0.29) is 0 Å². The van der Waals surface area contributed by atoms with E-state index in [4.69, 9.17) is 5.21 Å². The molecule has 7 heavy (non-hydrogen) atoms. The molecule has 0 aromatic rings. The smallest absolute Gasteiger partial charge is 0.109 e. The third-order valence-corrected chi connectivity index (χ3v) is 0.584. The lowest BCUT2D eigenvalue weighted by Crippen LogP contribution is -2.03. The van der Waals surface area contributed by atoms with E-state index >= 15 is 0 Å². The molecule has 0 bridgehead atoms. The van der Waals surface area contributed by atoms with Crippen molar-refractivity contribution in [3.8, 4) is 0 Å². The van der Waals surface area contributed by atoms with Crippen LogP contribution in [0, 0.1) is 0 Å². The largest absolute Gasteiger partial charge is 0.469 e. The van der Waals surface area contributed by atoms with Crippen molar-refractivity contribution in [3.05, 3.63) is 24.9 Å². The number of ether oxygens (including phenoxy) is 1. The highest BCUT2D eigenvalue weighted by molar-refractivity contribution is 4.86. The Hall–Kier alpha value is -0.960. The van der Waals surface area contributed by atoms with E-state index in [0.717, 1.165) is 5.06 Å². The molecule has 0 amide bonds. The third kappa shape index (κ3) is 0.940. The quantitative estimate of drug-likeness (QED) is 0.484. The average molecular weight is 99.1 g/mol. The maximum atomic E-state index is 8.49. The van der Waals surface area contributed by atoms with Crippen molar-refractivity contribution in [2.45, 2.75) is 0 Å². The number of hydroxylamine groups is 2. The van der Waals surface area contributed by atoms with E-state index in [0.29, 0.717) is 0 Å². The summed E-state index contributed by atoms with van der Waals surface area (Å²) in [6.07, 6.45) is 5.53. The van der Waals surface area contributed by atoms with Gasteiger partial charge in [-0.1, -0.05) is 0 Å². The van der Waals surface area contributed by atoms with Crippen LogP contribution < -0.4 is 0 Å². The van der Waals surface area contributed by atoms with Gasteiger partial charge in [-0.3, -0.25) is 5.21 Å². The minimum absolute atomic E-state index is 0.906. The molecule has 0 atom stereocenters. The van der Waals surface area contributed by atoms with Crippen LogP contribution in [0.4, 0.5) is 0 Å². The van der Waals surface area contributed by atoms with E-state index in [2.05, 4.69) is 4.74 Å². The zero-order valence-corrected chi connectivity index (χ0v) is 3.61. The summed E-state index contributed by atoms with van der Waals surface area (Å²) in [4.78, 5) is 0. The van der Waals surface area contributed by atoms with Gasteiger partial charge in [-0.25, -0.2) is 5.06 Å². The molecule has 1 heterocycles. The molecule has 0 aromatic carbocycles. The summed E-state index contributed by atoms with van der Waals surface area (Å²) < 4.78 is 4.58. The Morgan fingerprint density at radius 1 is 1.29 bits per heavy atom. The Morgan fingerprint density at radius 3 is 2.14 bits per heavy atom. The normalized spacial score (nSPS) is 17.0. The van der Waals surface area contributed by atoms with Crippen molar-refractivity contribution in [3.63, 3.8) is 0 Å². The summed E-state index contributed by atoms with van der Waals surface area (Å²) in [6, 6.07) is 0. The molecule has 0 fully saturated rings. The van der Waals surface area contributed by atoms with Crippen LogP contribution in [0.15, 0.2) is 24.9 Å². The van der Waals surface area contributed by atoms with E-state index in [1.165, 1.54) is 24.9 Å². The molecule has 3 nitrogen and oxygen atoms in total. The van der Waals surface area contributed by atoms with Crippen LogP contribution in [0.3, 0.4) is 0 Å². The lowest BCUT2D eigenvalue weighted by molar-refractivity contribution is 0.00167. The van der Waals surface area contributed by atoms with Gasteiger partial charge in [-0.05, 0) is 0 Å². The van der Waals surface area contributed by atoms with Crippen LogP contribution >= 0.6 is 0 Å². The summed E-state index contributed by atoms with van der Waals surface area (Å²) in [5.41, 5.74) is 0. The first kappa shape index (κ1) is 4.21. The van der Waals surface area contributed by atoms with Crippen LogP contribution in [-0.2, 0) is 4.74 Å². The maximum absolute atomic E-state index is 8.49. The molecular formula is C4H5NO2. The molecule has 0 saturated heterocycles. The van der Waals surface area contributed by atoms with Crippen molar-refractivity contribution >= 4 is 0 Å². The van der Waals surface area contributed by atoms with Crippen LogP contribution in [0.25, 0.3) is 0 Å². The Kier molecular flexibility index (Phi) is 0.997. The van der Waals surface area contributed by atoms with Gasteiger partial charge in [0.15, 0.2) is 0 Å². The Bertz CT molecular complexity index is 96.3. The number of hydrogen-bond donors (Lipinski definition) is 1. The molecule has 1 N–H and O–H groups in total. The topological polar surface area (TPSA) is 32.7 Å². The first-order valence-corrected chi connectivity index (χ1v) is 1.85. The van der Waals surface area contributed by atoms with Gasteiger partial charge in [0.05, 0.1) is 12.4 Å². The molecular weight excluding hydrogens is 94.0 g/mol. The molecule has 0 radical (unpaired) electrons. The predicted octanol–water partition coefficient (Wildman–Crippen LogP) is 0.650. The van der Waals surface area contributed by atoms with Crippen molar-refractivity contribution in [1.82, 2.24) is 5.06 Å². The molecule has 0 unspecified atom stereocenters. The lowest BCUT2D eigenvalue weighted by atomic mass is 10.8. The molecule has 0 saturated carbocycles. The first-order chi connectivity index (χ1) is 3.39. The number of hydrogen-bond acceptors (Lipinski definition) is 3. The molecule has 1 rings (SSSR count). The predicted molar refractivity (Wildman–Crippen MR) is 23.0 cm³/mol. The third-order valence-electron chi connectivity index (χ3n) is 0.584. The summed E-state index contributed by atoms with van der Waals surface area (Å²) in [7, 11) is 0. The number of rotatable bonds is 0. The van der Waals surface area contributed by atoms with Crippen molar-refractivity contribution in [2.24, 2.45) is 0 Å². The van der Waals surface area contributed by atoms with Crippen LogP contribution in [0.1, 0.15) is 0 Å². The van der Waals surface area contributed by atoms with Crippen molar-refractivity contribution in [1.29, 1.82) is 0 Å². The monoisotopic (exact) mass is 99.0 g/mol. The highest BCUT2D eigenvalue weighted by Crippen LogP contribution is 1.93. The maximum Gasteiger partial charge on any atom is 0.109 e. The second-order valence-corrected chi connectivity index (χ2v) is 1.09. The van der Waals surface area contributed by atoms with Gasteiger partial charge in [-0.15, -0.1) is 0 Å². The Morgan fingerprint density at radius 2 is 1.86 bits per heavy atom.